The fraction of sp³-hybridized carbons (Fsp3) is 0.712. The minimum absolute atomic E-state index is 0.0950. The minimum atomic E-state index is -0.800. The zero-order valence-electron chi connectivity index (χ0n) is 42.5. The Morgan fingerprint density at radius 2 is 0.554 bits per heavy atom. The van der Waals surface area contributed by atoms with Crippen LogP contribution in [0.25, 0.3) is 0 Å². The maximum Gasteiger partial charge on any atom is 0.306 e. The molecule has 0 spiro atoms. The molecule has 0 aliphatic carbocycles. The molecule has 0 saturated carbocycles. The van der Waals surface area contributed by atoms with Gasteiger partial charge in [-0.2, -0.15) is 0 Å². The van der Waals surface area contributed by atoms with Crippen LogP contribution in [0.2, 0.25) is 0 Å². The lowest BCUT2D eigenvalue weighted by Crippen LogP contribution is -2.30. The number of hydrogen-bond acceptors (Lipinski definition) is 6. The number of rotatable bonds is 48. The summed E-state index contributed by atoms with van der Waals surface area (Å²) in [4.78, 5) is 38.0. The zero-order chi connectivity index (χ0) is 47.2. The highest BCUT2D eigenvalue weighted by atomic mass is 16.6. The van der Waals surface area contributed by atoms with Crippen molar-refractivity contribution in [1.82, 2.24) is 0 Å². The lowest BCUT2D eigenvalue weighted by molar-refractivity contribution is -0.167. The SMILES string of the molecule is CCCCC/C=C\C/C=C\C/C=C\C/C=C\CCCCCC(=O)OC[C@H](COC(=O)CCCCCCCCCCCCC)OC(=O)CCCCCC/C=C\C/C=C\C/C=C\CCCCC. The third-order valence-electron chi connectivity index (χ3n) is 11.4. The minimum Gasteiger partial charge on any atom is -0.462 e. The largest absolute Gasteiger partial charge is 0.462 e. The summed E-state index contributed by atoms with van der Waals surface area (Å²) in [6, 6.07) is 0. The van der Waals surface area contributed by atoms with Gasteiger partial charge in [-0.15, -0.1) is 0 Å². The van der Waals surface area contributed by atoms with Crippen LogP contribution in [0.15, 0.2) is 85.1 Å². The highest BCUT2D eigenvalue weighted by molar-refractivity contribution is 5.71. The summed E-state index contributed by atoms with van der Waals surface area (Å²) >= 11 is 0. The van der Waals surface area contributed by atoms with Gasteiger partial charge >= 0.3 is 17.9 Å². The maximum atomic E-state index is 12.8. The first-order valence-corrected chi connectivity index (χ1v) is 27.1. The number of carbonyl (C=O) groups excluding carboxylic acids is 3. The van der Waals surface area contributed by atoms with Crippen LogP contribution >= 0.6 is 0 Å². The van der Waals surface area contributed by atoms with Gasteiger partial charge in [0.1, 0.15) is 13.2 Å². The molecular formula is C59H100O6. The molecule has 0 aliphatic rings. The first kappa shape index (κ1) is 61.6. The summed E-state index contributed by atoms with van der Waals surface area (Å²) in [5.74, 6) is -0.948. The summed E-state index contributed by atoms with van der Waals surface area (Å²) in [6.45, 7) is 6.53. The van der Waals surface area contributed by atoms with Gasteiger partial charge in [0.05, 0.1) is 0 Å². The number of ether oxygens (including phenoxy) is 3. The van der Waals surface area contributed by atoms with Gasteiger partial charge in [-0.05, 0) is 103 Å². The second-order valence-electron chi connectivity index (χ2n) is 17.8. The van der Waals surface area contributed by atoms with Crippen molar-refractivity contribution in [3.8, 4) is 0 Å². The summed E-state index contributed by atoms with van der Waals surface area (Å²) in [5.41, 5.74) is 0. The van der Waals surface area contributed by atoms with Gasteiger partial charge in [0.25, 0.3) is 0 Å². The first-order chi connectivity index (χ1) is 32.0. The predicted molar refractivity (Wildman–Crippen MR) is 279 cm³/mol. The van der Waals surface area contributed by atoms with Crippen LogP contribution < -0.4 is 0 Å². The highest BCUT2D eigenvalue weighted by Gasteiger charge is 2.19. The van der Waals surface area contributed by atoms with Crippen molar-refractivity contribution in [1.29, 1.82) is 0 Å². The van der Waals surface area contributed by atoms with Crippen molar-refractivity contribution in [2.24, 2.45) is 0 Å². The normalized spacial score (nSPS) is 12.7. The molecule has 0 rings (SSSR count). The Morgan fingerprint density at radius 3 is 0.908 bits per heavy atom. The van der Waals surface area contributed by atoms with Gasteiger partial charge in [0.15, 0.2) is 6.10 Å². The molecular weight excluding hydrogens is 805 g/mol. The molecule has 6 heteroatoms. The Balaban J connectivity index is 4.46. The van der Waals surface area contributed by atoms with Gasteiger partial charge in [-0.1, -0.05) is 215 Å². The van der Waals surface area contributed by atoms with Gasteiger partial charge in [-0.25, -0.2) is 0 Å². The third kappa shape index (κ3) is 51.4. The molecule has 0 fully saturated rings. The van der Waals surface area contributed by atoms with Gasteiger partial charge < -0.3 is 14.2 Å². The van der Waals surface area contributed by atoms with E-state index in [0.29, 0.717) is 19.3 Å². The molecule has 0 aromatic rings. The lowest BCUT2D eigenvalue weighted by Gasteiger charge is -2.18. The van der Waals surface area contributed by atoms with E-state index < -0.39 is 6.10 Å². The number of esters is 3. The van der Waals surface area contributed by atoms with Crippen molar-refractivity contribution in [3.05, 3.63) is 85.1 Å². The molecule has 0 aromatic heterocycles. The van der Waals surface area contributed by atoms with Crippen LogP contribution in [0.1, 0.15) is 252 Å². The molecule has 0 aliphatic heterocycles. The molecule has 65 heavy (non-hydrogen) atoms. The summed E-state index contributed by atoms with van der Waals surface area (Å²) in [6.07, 6.45) is 68.5. The quantitative estimate of drug-likeness (QED) is 0.0262. The zero-order valence-corrected chi connectivity index (χ0v) is 42.5. The Kier molecular flexibility index (Phi) is 50.4. The van der Waals surface area contributed by atoms with E-state index in [2.05, 4.69) is 106 Å². The Hall–Kier alpha value is -3.41. The van der Waals surface area contributed by atoms with E-state index in [-0.39, 0.29) is 31.1 Å². The number of unbranched alkanes of at least 4 members (excludes halogenated alkanes) is 23. The lowest BCUT2D eigenvalue weighted by atomic mass is 10.1. The average molecular weight is 905 g/mol. The average Bonchev–Trinajstić information content (AvgIpc) is 3.30. The Labute approximate surface area is 401 Å². The Morgan fingerprint density at radius 1 is 0.308 bits per heavy atom. The van der Waals surface area contributed by atoms with Crippen molar-refractivity contribution >= 4 is 17.9 Å². The summed E-state index contributed by atoms with van der Waals surface area (Å²) < 4.78 is 16.8. The van der Waals surface area contributed by atoms with Crippen LogP contribution in [-0.2, 0) is 28.6 Å². The standard InChI is InChI=1S/C59H100O6/c1-4-7-10-13-16-19-22-24-26-28-29-31-32-34-37-40-43-46-49-52-58(61)64-55-56(54-63-57(60)51-48-45-42-39-36-21-18-15-12-9-6-3)65-59(62)53-50-47-44-41-38-35-33-30-27-25-23-20-17-14-11-8-5-2/h16-17,19-20,24-27,29,31,33-35,37,56H,4-15,18,21-23,28,30,32,36,38-55H2,1-3H3/b19-16-,20-17-,26-24-,27-25-,31-29-,35-33-,37-34-/t56-/m0/s1. The topological polar surface area (TPSA) is 78.9 Å². The van der Waals surface area contributed by atoms with E-state index in [0.717, 1.165) is 109 Å². The van der Waals surface area contributed by atoms with Crippen molar-refractivity contribution in [3.63, 3.8) is 0 Å². The molecule has 0 saturated heterocycles. The molecule has 0 radical (unpaired) electrons. The Bertz CT molecular complexity index is 1270. The van der Waals surface area contributed by atoms with Crippen molar-refractivity contribution in [2.45, 2.75) is 258 Å². The van der Waals surface area contributed by atoms with Crippen molar-refractivity contribution in [2.75, 3.05) is 13.2 Å². The van der Waals surface area contributed by atoms with Crippen LogP contribution in [0.4, 0.5) is 0 Å². The van der Waals surface area contributed by atoms with Crippen LogP contribution in [0, 0.1) is 0 Å². The van der Waals surface area contributed by atoms with Crippen LogP contribution in [-0.4, -0.2) is 37.2 Å². The molecule has 0 bridgehead atoms. The van der Waals surface area contributed by atoms with Gasteiger partial charge in [0, 0.05) is 19.3 Å². The van der Waals surface area contributed by atoms with E-state index in [1.807, 2.05) is 0 Å². The molecule has 0 aromatic carbocycles. The van der Waals surface area contributed by atoms with E-state index in [1.165, 1.54) is 103 Å². The highest BCUT2D eigenvalue weighted by Crippen LogP contribution is 2.14. The molecule has 372 valence electrons. The third-order valence-corrected chi connectivity index (χ3v) is 11.4. The number of hydrogen-bond donors (Lipinski definition) is 0. The molecule has 0 amide bonds. The summed E-state index contributed by atoms with van der Waals surface area (Å²) in [7, 11) is 0. The fourth-order valence-electron chi connectivity index (χ4n) is 7.25. The molecule has 0 unspecified atom stereocenters. The molecule has 6 nitrogen and oxygen atoms in total. The second-order valence-corrected chi connectivity index (χ2v) is 17.8. The smallest absolute Gasteiger partial charge is 0.306 e. The predicted octanol–water partition coefficient (Wildman–Crippen LogP) is 18.0. The van der Waals surface area contributed by atoms with Crippen molar-refractivity contribution < 1.29 is 28.6 Å². The number of allylic oxidation sites excluding steroid dienone is 14. The van der Waals surface area contributed by atoms with Crippen LogP contribution in [0.5, 0.6) is 0 Å². The summed E-state index contributed by atoms with van der Waals surface area (Å²) in [5, 5.41) is 0. The van der Waals surface area contributed by atoms with E-state index in [4.69, 9.17) is 14.2 Å². The molecule has 1 atom stereocenters. The second kappa shape index (κ2) is 53.2. The van der Waals surface area contributed by atoms with E-state index >= 15 is 0 Å². The monoisotopic (exact) mass is 905 g/mol. The fourth-order valence-corrected chi connectivity index (χ4v) is 7.25. The maximum absolute atomic E-state index is 12.8. The van der Waals surface area contributed by atoms with E-state index in [9.17, 15) is 14.4 Å². The molecule has 0 heterocycles. The van der Waals surface area contributed by atoms with Gasteiger partial charge in [-0.3, -0.25) is 14.4 Å². The first-order valence-electron chi connectivity index (χ1n) is 27.1. The van der Waals surface area contributed by atoms with Gasteiger partial charge in [0.2, 0.25) is 0 Å². The number of carbonyl (C=O) groups is 3. The molecule has 0 N–H and O–H groups in total. The van der Waals surface area contributed by atoms with Crippen LogP contribution in [0.3, 0.4) is 0 Å². The van der Waals surface area contributed by atoms with E-state index in [1.54, 1.807) is 0 Å².